The minimum absolute atomic E-state index is 0.0475. The van der Waals surface area contributed by atoms with Crippen molar-refractivity contribution < 1.29 is 18.0 Å². The molecule has 1 amide bonds. The number of benzene rings is 1. The maximum atomic E-state index is 13.6. The van der Waals surface area contributed by atoms with Crippen LogP contribution in [0, 0.1) is 6.92 Å². The third-order valence-corrected chi connectivity index (χ3v) is 6.13. The van der Waals surface area contributed by atoms with Crippen LogP contribution in [0.2, 0.25) is 0 Å². The summed E-state index contributed by atoms with van der Waals surface area (Å²) in [6, 6.07) is 5.36. The van der Waals surface area contributed by atoms with Gasteiger partial charge in [0.1, 0.15) is 11.5 Å². The number of alkyl halides is 3. The van der Waals surface area contributed by atoms with Gasteiger partial charge in [-0.2, -0.15) is 28.2 Å². The van der Waals surface area contributed by atoms with Gasteiger partial charge in [0.2, 0.25) is 0 Å². The van der Waals surface area contributed by atoms with Crippen LogP contribution in [0.25, 0.3) is 5.69 Å². The Labute approximate surface area is 181 Å². The predicted octanol–water partition coefficient (Wildman–Crippen LogP) is 3.24. The summed E-state index contributed by atoms with van der Waals surface area (Å²) >= 11 is 0. The van der Waals surface area contributed by atoms with Gasteiger partial charge >= 0.3 is 6.18 Å². The first-order valence-electron chi connectivity index (χ1n) is 10.3. The van der Waals surface area contributed by atoms with Crippen molar-refractivity contribution in [3.8, 4) is 5.69 Å². The van der Waals surface area contributed by atoms with E-state index in [1.165, 1.54) is 4.80 Å². The summed E-state index contributed by atoms with van der Waals surface area (Å²) in [6.07, 6.45) is 2.78. The molecular weight excluding hydrogens is 423 g/mol. The molecule has 0 spiro atoms. The third-order valence-electron chi connectivity index (χ3n) is 6.13. The zero-order chi connectivity index (χ0) is 22.5. The fraction of sp³-hybridized carbons (Fsp3) is 0.381. The molecule has 0 aliphatic carbocycles. The van der Waals surface area contributed by atoms with Crippen molar-refractivity contribution in [2.24, 2.45) is 0 Å². The molecule has 3 aromatic rings. The first-order valence-corrected chi connectivity index (χ1v) is 10.3. The average Bonchev–Trinajstić information content (AvgIpc) is 3.49. The fourth-order valence-electron chi connectivity index (χ4n) is 4.77. The van der Waals surface area contributed by atoms with Gasteiger partial charge in [0.25, 0.3) is 5.91 Å². The van der Waals surface area contributed by atoms with Crippen LogP contribution in [0.4, 0.5) is 19.0 Å². The first kappa shape index (κ1) is 20.4. The Morgan fingerprint density at radius 3 is 2.59 bits per heavy atom. The number of carbonyl (C=O) groups is 1. The Morgan fingerprint density at radius 1 is 1.12 bits per heavy atom. The molecule has 2 fully saturated rings. The van der Waals surface area contributed by atoms with Gasteiger partial charge in [-0.15, -0.1) is 0 Å². The van der Waals surface area contributed by atoms with Crippen LogP contribution in [0.15, 0.2) is 43.0 Å². The number of amides is 1. The number of nitrogens with zero attached hydrogens (tertiary/aromatic N) is 6. The van der Waals surface area contributed by atoms with Crippen LogP contribution in [0.3, 0.4) is 0 Å². The fourth-order valence-corrected chi connectivity index (χ4v) is 4.77. The minimum atomic E-state index is -4.53. The average molecular weight is 443 g/mol. The SMILES string of the molecule is Cc1cccc(C(=O)N2[C@@H]3CC[C@H]2[C@H](Nc2cnc(C(F)(F)F)cn2)C3)c1-n1nccn1. The molecule has 2 aliphatic rings. The van der Waals surface area contributed by atoms with Crippen molar-refractivity contribution in [1.82, 2.24) is 29.9 Å². The second-order valence-electron chi connectivity index (χ2n) is 8.07. The number of nitrogens with one attached hydrogen (secondary N) is 1. The zero-order valence-corrected chi connectivity index (χ0v) is 17.1. The van der Waals surface area contributed by atoms with Crippen molar-refractivity contribution in [2.45, 2.75) is 50.5 Å². The number of aromatic nitrogens is 5. The summed E-state index contributed by atoms with van der Waals surface area (Å²) in [5, 5.41) is 11.6. The maximum absolute atomic E-state index is 13.6. The van der Waals surface area contributed by atoms with Crippen LogP contribution < -0.4 is 5.32 Å². The molecule has 4 heterocycles. The summed E-state index contributed by atoms with van der Waals surface area (Å²) in [4.78, 5) is 24.3. The molecule has 3 atom stereocenters. The lowest BCUT2D eigenvalue weighted by atomic mass is 9.95. The van der Waals surface area contributed by atoms with E-state index < -0.39 is 11.9 Å². The first-order chi connectivity index (χ1) is 15.3. The Bertz CT molecular complexity index is 1130. The highest BCUT2D eigenvalue weighted by Gasteiger charge is 2.49. The number of para-hydroxylation sites is 1. The second kappa shape index (κ2) is 7.57. The standard InChI is InChI=1S/C21H20F3N7O/c1-12-3-2-4-14(19(12)31-27-7-8-28-31)20(32)30-13-5-6-16(30)15(9-13)29-18-11-25-17(10-26-18)21(22,23)24/h2-4,7-8,10-11,13,15-16H,5-6,9H2,1H3,(H,26,29)/t13-,15-,16+/m1/s1. The summed E-state index contributed by atoms with van der Waals surface area (Å²) in [7, 11) is 0. The largest absolute Gasteiger partial charge is 0.434 e. The summed E-state index contributed by atoms with van der Waals surface area (Å²) in [6.45, 7) is 1.90. The lowest BCUT2D eigenvalue weighted by Gasteiger charge is -2.26. The van der Waals surface area contributed by atoms with Gasteiger partial charge in [-0.05, 0) is 37.8 Å². The molecule has 11 heteroatoms. The highest BCUT2D eigenvalue weighted by molar-refractivity contribution is 5.99. The van der Waals surface area contributed by atoms with E-state index in [4.69, 9.17) is 0 Å². The van der Waals surface area contributed by atoms with Crippen molar-refractivity contribution >= 4 is 11.7 Å². The molecule has 0 unspecified atom stereocenters. The molecule has 8 nitrogen and oxygen atoms in total. The van der Waals surface area contributed by atoms with Crippen LogP contribution in [0.5, 0.6) is 0 Å². The molecule has 1 N–H and O–H groups in total. The molecular formula is C21H20F3N7O. The second-order valence-corrected chi connectivity index (χ2v) is 8.07. The molecule has 2 saturated heterocycles. The molecule has 32 heavy (non-hydrogen) atoms. The van der Waals surface area contributed by atoms with Crippen LogP contribution in [0.1, 0.15) is 40.9 Å². The van der Waals surface area contributed by atoms with Gasteiger partial charge in [-0.1, -0.05) is 12.1 Å². The van der Waals surface area contributed by atoms with Gasteiger partial charge in [-0.3, -0.25) is 4.79 Å². The number of aryl methyl sites for hydroxylation is 1. The topological polar surface area (TPSA) is 88.8 Å². The van der Waals surface area contributed by atoms with Crippen LogP contribution >= 0.6 is 0 Å². The van der Waals surface area contributed by atoms with E-state index >= 15 is 0 Å². The lowest BCUT2D eigenvalue weighted by Crippen LogP contribution is -2.40. The van der Waals surface area contributed by atoms with E-state index in [-0.39, 0.29) is 29.9 Å². The molecule has 0 radical (unpaired) electrons. The van der Waals surface area contributed by atoms with Crippen molar-refractivity contribution in [2.75, 3.05) is 5.32 Å². The van der Waals surface area contributed by atoms with E-state index in [9.17, 15) is 18.0 Å². The smallest absolute Gasteiger partial charge is 0.364 e. The normalized spacial score (nSPS) is 22.4. The van der Waals surface area contributed by atoms with E-state index in [1.807, 2.05) is 24.0 Å². The van der Waals surface area contributed by atoms with Crippen LogP contribution in [-0.2, 0) is 6.18 Å². The van der Waals surface area contributed by atoms with Crippen molar-refractivity contribution in [1.29, 1.82) is 0 Å². The minimum Gasteiger partial charge on any atom is -0.364 e. The van der Waals surface area contributed by atoms with Gasteiger partial charge < -0.3 is 10.2 Å². The predicted molar refractivity (Wildman–Crippen MR) is 108 cm³/mol. The van der Waals surface area contributed by atoms with Gasteiger partial charge in [0.05, 0.1) is 42.4 Å². The van der Waals surface area contributed by atoms with E-state index in [1.54, 1.807) is 18.5 Å². The highest BCUT2D eigenvalue weighted by atomic mass is 19.4. The number of hydrogen-bond acceptors (Lipinski definition) is 6. The number of halogens is 3. The lowest BCUT2D eigenvalue weighted by molar-refractivity contribution is -0.141. The molecule has 5 rings (SSSR count). The molecule has 1 aromatic carbocycles. The monoisotopic (exact) mass is 443 g/mol. The number of hydrogen-bond donors (Lipinski definition) is 1. The Morgan fingerprint density at radius 2 is 1.91 bits per heavy atom. The molecule has 2 aliphatic heterocycles. The highest BCUT2D eigenvalue weighted by Crippen LogP contribution is 2.40. The van der Waals surface area contributed by atoms with Gasteiger partial charge in [0.15, 0.2) is 5.69 Å². The Kier molecular flexibility index (Phi) is 4.83. The van der Waals surface area contributed by atoms with Crippen molar-refractivity contribution in [3.05, 3.63) is 59.8 Å². The molecule has 0 saturated carbocycles. The molecule has 2 aromatic heterocycles. The number of carbonyl (C=O) groups excluding carboxylic acids is 1. The van der Waals surface area contributed by atoms with Gasteiger partial charge in [0, 0.05) is 6.04 Å². The van der Waals surface area contributed by atoms with E-state index in [2.05, 4.69) is 25.5 Å². The van der Waals surface area contributed by atoms with Crippen molar-refractivity contribution in [3.63, 3.8) is 0 Å². The third kappa shape index (κ3) is 3.47. The number of fused-ring (bicyclic) bond motifs is 2. The zero-order valence-electron chi connectivity index (χ0n) is 17.1. The van der Waals surface area contributed by atoms with Crippen LogP contribution in [-0.4, -0.2) is 53.9 Å². The van der Waals surface area contributed by atoms with E-state index in [0.29, 0.717) is 23.9 Å². The number of rotatable bonds is 4. The summed E-state index contributed by atoms with van der Waals surface area (Å²) in [5.74, 6) is 0.163. The van der Waals surface area contributed by atoms with E-state index in [0.717, 1.165) is 24.6 Å². The Balaban J connectivity index is 1.38. The molecule has 2 bridgehead atoms. The summed E-state index contributed by atoms with van der Waals surface area (Å²) in [5.41, 5.74) is 1.01. The quantitative estimate of drug-likeness (QED) is 0.666. The Hall–Kier alpha value is -3.50. The maximum Gasteiger partial charge on any atom is 0.434 e. The molecule has 166 valence electrons. The number of anilines is 1. The summed E-state index contributed by atoms with van der Waals surface area (Å²) < 4.78 is 38.2. The van der Waals surface area contributed by atoms with Gasteiger partial charge in [-0.25, -0.2) is 9.97 Å².